The first kappa shape index (κ1) is 25.4. The Balaban J connectivity index is 1.88. The number of fused-ring (bicyclic) bond motifs is 1. The van der Waals surface area contributed by atoms with E-state index in [1.165, 1.54) is 28.9 Å². The van der Waals surface area contributed by atoms with Gasteiger partial charge in [0.15, 0.2) is 4.80 Å². The molecule has 2 heterocycles. The van der Waals surface area contributed by atoms with E-state index < -0.39 is 18.0 Å². The van der Waals surface area contributed by atoms with E-state index in [0.717, 1.165) is 10.5 Å². The zero-order valence-electron chi connectivity index (χ0n) is 20.0. The van der Waals surface area contributed by atoms with Crippen molar-refractivity contribution in [3.63, 3.8) is 0 Å². The number of thiazole rings is 1. The van der Waals surface area contributed by atoms with Gasteiger partial charge in [-0.05, 0) is 54.6 Å². The molecule has 7 nitrogen and oxygen atoms in total. The number of ether oxygens (including phenoxy) is 2. The highest BCUT2D eigenvalue weighted by Gasteiger charge is 2.33. The first-order valence-corrected chi connectivity index (χ1v) is 13.1. The molecule has 3 aromatic rings. The highest BCUT2D eigenvalue weighted by atomic mass is 32.2. The topological polar surface area (TPSA) is 87.0 Å². The number of hydrogen-bond acceptors (Lipinski definition) is 8. The summed E-state index contributed by atoms with van der Waals surface area (Å²) in [7, 11) is 0. The molecule has 184 valence electrons. The number of hydrogen-bond donors (Lipinski definition) is 0. The number of allylic oxidation sites excluding steroid dienone is 1. The zero-order valence-corrected chi connectivity index (χ0v) is 21.7. The average molecular weight is 521 g/mol. The smallest absolute Gasteiger partial charge is 0.338 e. The largest absolute Gasteiger partial charge is 0.458 e. The summed E-state index contributed by atoms with van der Waals surface area (Å²) in [6, 6.07) is 14.0. The Morgan fingerprint density at radius 1 is 1.22 bits per heavy atom. The van der Waals surface area contributed by atoms with Crippen LogP contribution in [0.3, 0.4) is 0 Å². The monoisotopic (exact) mass is 520 g/mol. The fourth-order valence-electron chi connectivity index (χ4n) is 3.88. The van der Waals surface area contributed by atoms with Crippen LogP contribution in [0.4, 0.5) is 0 Å². The van der Waals surface area contributed by atoms with Gasteiger partial charge in [-0.1, -0.05) is 48.3 Å². The van der Waals surface area contributed by atoms with Gasteiger partial charge in [-0.2, -0.15) is 0 Å². The quantitative estimate of drug-likeness (QED) is 0.205. The zero-order chi connectivity index (χ0) is 25.8. The molecule has 1 aliphatic rings. The molecule has 4 rings (SSSR count). The third-order valence-electron chi connectivity index (χ3n) is 5.42. The molecule has 1 unspecified atom stereocenters. The number of benzene rings is 2. The Morgan fingerprint density at radius 2 is 1.97 bits per heavy atom. The normalized spacial score (nSPS) is 15.2. The van der Waals surface area contributed by atoms with Crippen molar-refractivity contribution in [2.24, 2.45) is 4.99 Å². The van der Waals surface area contributed by atoms with E-state index in [1.54, 1.807) is 43.0 Å². The third kappa shape index (κ3) is 5.27. The number of aromatic nitrogens is 1. The Morgan fingerprint density at radius 3 is 2.64 bits per heavy atom. The molecule has 0 bridgehead atoms. The van der Waals surface area contributed by atoms with E-state index >= 15 is 0 Å². The highest BCUT2D eigenvalue weighted by molar-refractivity contribution is 7.98. The molecule has 1 atom stereocenters. The molecule has 0 radical (unpaired) electrons. The van der Waals surface area contributed by atoms with Crippen molar-refractivity contribution in [2.45, 2.75) is 24.8 Å². The van der Waals surface area contributed by atoms with Crippen molar-refractivity contribution in [1.82, 2.24) is 4.57 Å². The van der Waals surface area contributed by atoms with Gasteiger partial charge in [-0.25, -0.2) is 9.79 Å². The van der Waals surface area contributed by atoms with Gasteiger partial charge in [0.2, 0.25) is 0 Å². The Bertz CT molecular complexity index is 1550. The van der Waals surface area contributed by atoms with Crippen LogP contribution in [0.15, 0.2) is 87.1 Å². The second-order valence-corrected chi connectivity index (χ2v) is 9.80. The first-order valence-electron chi connectivity index (χ1n) is 11.1. The lowest BCUT2D eigenvalue weighted by atomic mass is 9.96. The van der Waals surface area contributed by atoms with Gasteiger partial charge < -0.3 is 9.47 Å². The molecule has 1 aromatic heterocycles. The molecule has 9 heteroatoms. The predicted molar refractivity (Wildman–Crippen MR) is 141 cm³/mol. The molecule has 0 saturated heterocycles. The molecular weight excluding hydrogens is 496 g/mol. The molecule has 1 aliphatic heterocycles. The number of carbonyl (C=O) groups is 2. The molecule has 0 amide bonds. The fraction of sp³-hybridized carbons (Fsp3) is 0.185. The number of carbonyl (C=O) groups excluding carboxylic acids is 2. The molecule has 36 heavy (non-hydrogen) atoms. The lowest BCUT2D eigenvalue weighted by molar-refractivity contribution is -0.138. The Hall–Kier alpha value is -3.69. The van der Waals surface area contributed by atoms with Crippen LogP contribution < -0.4 is 19.6 Å². The maximum absolute atomic E-state index is 13.7. The Labute approximate surface area is 216 Å². The summed E-state index contributed by atoms with van der Waals surface area (Å²) in [6.45, 7) is 6.73. The van der Waals surface area contributed by atoms with Crippen molar-refractivity contribution < 1.29 is 19.1 Å². The van der Waals surface area contributed by atoms with E-state index in [1.807, 2.05) is 36.6 Å². The van der Waals surface area contributed by atoms with Crippen LogP contribution in [0.5, 0.6) is 5.75 Å². The lowest BCUT2D eigenvalue weighted by Gasteiger charge is -2.24. The van der Waals surface area contributed by atoms with E-state index in [4.69, 9.17) is 9.47 Å². The van der Waals surface area contributed by atoms with Crippen LogP contribution in [0.2, 0.25) is 0 Å². The van der Waals surface area contributed by atoms with Crippen LogP contribution >= 0.6 is 23.1 Å². The third-order valence-corrected chi connectivity index (χ3v) is 7.15. The van der Waals surface area contributed by atoms with Gasteiger partial charge in [0.1, 0.15) is 12.4 Å². The van der Waals surface area contributed by atoms with Crippen molar-refractivity contribution in [1.29, 1.82) is 0 Å². The predicted octanol–water partition coefficient (Wildman–Crippen LogP) is 3.61. The van der Waals surface area contributed by atoms with Crippen LogP contribution in [0.25, 0.3) is 6.08 Å². The van der Waals surface area contributed by atoms with E-state index in [9.17, 15) is 14.4 Å². The van der Waals surface area contributed by atoms with Crippen molar-refractivity contribution in [2.75, 3.05) is 12.9 Å². The lowest BCUT2D eigenvalue weighted by Crippen LogP contribution is -2.39. The molecular formula is C27H24N2O5S2. The van der Waals surface area contributed by atoms with E-state index in [2.05, 4.69) is 11.6 Å². The number of esters is 2. The van der Waals surface area contributed by atoms with E-state index in [0.29, 0.717) is 31.9 Å². The van der Waals surface area contributed by atoms with Gasteiger partial charge >= 0.3 is 11.9 Å². The van der Waals surface area contributed by atoms with Gasteiger partial charge in [-0.15, -0.1) is 11.8 Å². The fourth-order valence-corrected chi connectivity index (χ4v) is 5.34. The van der Waals surface area contributed by atoms with Crippen molar-refractivity contribution >= 4 is 41.1 Å². The van der Waals surface area contributed by atoms with E-state index in [-0.39, 0.29) is 12.2 Å². The molecule has 2 aromatic carbocycles. The van der Waals surface area contributed by atoms with Gasteiger partial charge in [0.25, 0.3) is 5.56 Å². The second-order valence-electron chi connectivity index (χ2n) is 7.91. The maximum atomic E-state index is 13.7. The van der Waals surface area contributed by atoms with Gasteiger partial charge in [0.05, 0.1) is 21.8 Å². The van der Waals surface area contributed by atoms with Crippen LogP contribution in [0.1, 0.15) is 31.0 Å². The summed E-state index contributed by atoms with van der Waals surface area (Å²) in [4.78, 5) is 44.2. The summed E-state index contributed by atoms with van der Waals surface area (Å²) < 4.78 is 12.5. The number of nitrogens with zero attached hydrogens (tertiary/aromatic N) is 2. The SMILES string of the molecule is C=CCOC(=O)C1=C(C)N=c2sc(=Cc3cccc(OC(C)=O)c3)c(=O)n2C1c1ccc(SC)cc1. The minimum absolute atomic E-state index is 0.0524. The summed E-state index contributed by atoms with van der Waals surface area (Å²) >= 11 is 2.84. The number of rotatable bonds is 7. The van der Waals surface area contributed by atoms with Crippen LogP contribution in [0, 0.1) is 0 Å². The molecule has 0 saturated carbocycles. The van der Waals surface area contributed by atoms with Gasteiger partial charge in [-0.3, -0.25) is 14.2 Å². The van der Waals surface area contributed by atoms with Gasteiger partial charge in [0, 0.05) is 11.8 Å². The molecule has 0 spiro atoms. The summed E-state index contributed by atoms with van der Waals surface area (Å²) in [5.41, 5.74) is 1.99. The number of thioether (sulfide) groups is 1. The highest BCUT2D eigenvalue weighted by Crippen LogP contribution is 2.31. The molecule has 0 N–H and O–H groups in total. The second kappa shape index (κ2) is 10.9. The standard InChI is InChI=1S/C27H24N2O5S2/c1-5-13-33-26(32)23-16(2)28-27-29(24(23)19-9-11-21(35-4)12-10-19)25(31)22(36-27)15-18-7-6-8-20(14-18)34-17(3)30/h5-12,14-15,24H,1,13H2,2-4H3. The van der Waals surface area contributed by atoms with Crippen molar-refractivity contribution in [3.8, 4) is 5.75 Å². The minimum atomic E-state index is -0.691. The Kier molecular flexibility index (Phi) is 7.71. The first-order chi connectivity index (χ1) is 17.3. The van der Waals surface area contributed by atoms with Crippen LogP contribution in [-0.2, 0) is 14.3 Å². The summed E-state index contributed by atoms with van der Waals surface area (Å²) in [6.07, 6.45) is 5.20. The van der Waals surface area contributed by atoms with Crippen molar-refractivity contribution in [3.05, 3.63) is 103 Å². The minimum Gasteiger partial charge on any atom is -0.458 e. The molecule has 0 fully saturated rings. The maximum Gasteiger partial charge on any atom is 0.338 e. The molecule has 0 aliphatic carbocycles. The van der Waals surface area contributed by atoms with Crippen LogP contribution in [-0.4, -0.2) is 29.4 Å². The summed E-state index contributed by atoms with van der Waals surface area (Å²) in [5, 5.41) is 0. The summed E-state index contributed by atoms with van der Waals surface area (Å²) in [5.74, 6) is -0.581. The average Bonchev–Trinajstić information content (AvgIpc) is 3.15.